The van der Waals surface area contributed by atoms with E-state index < -0.39 is 44.5 Å². The third-order valence-corrected chi connectivity index (χ3v) is 8.80. The molecule has 0 saturated carbocycles. The number of amides is 1. The summed E-state index contributed by atoms with van der Waals surface area (Å²) in [7, 11) is -8.49. The number of aromatic nitrogens is 1. The van der Waals surface area contributed by atoms with Crippen molar-refractivity contribution in [3.63, 3.8) is 0 Å². The molecule has 0 radical (unpaired) electrons. The van der Waals surface area contributed by atoms with Crippen LogP contribution in [0, 0.1) is 0 Å². The minimum Gasteiger partial charge on any atom is -0.468 e. The van der Waals surface area contributed by atoms with E-state index in [2.05, 4.69) is 10.3 Å². The topological polar surface area (TPSA) is 141 Å². The van der Waals surface area contributed by atoms with Crippen LogP contribution in [0.4, 0.5) is 16.2 Å². The SMILES string of the molecule is CC(C)(C)OC(=O)Nc1cnc2c(c1)N(S(=O)(=O)c1cccc(Cl)c1)CC(COS(=O)(=O)c1cccc(Cl)c1)O2. The Morgan fingerprint density at radius 3 is 2.30 bits per heavy atom. The second-order valence-corrected chi connectivity index (χ2v) is 14.0. The third-order valence-electron chi connectivity index (χ3n) is 5.27. The predicted molar refractivity (Wildman–Crippen MR) is 149 cm³/mol. The molecule has 2 heterocycles. The molecule has 1 N–H and O–H groups in total. The van der Waals surface area contributed by atoms with Crippen molar-refractivity contribution >= 4 is 60.8 Å². The van der Waals surface area contributed by atoms with Crippen molar-refractivity contribution in [2.75, 3.05) is 22.8 Å². The number of halogens is 2. The summed E-state index contributed by atoms with van der Waals surface area (Å²) in [5.41, 5.74) is -0.626. The Labute approximate surface area is 242 Å². The Morgan fingerprint density at radius 1 is 1.05 bits per heavy atom. The fraction of sp³-hybridized carbons (Fsp3) is 0.280. The lowest BCUT2D eigenvalue weighted by molar-refractivity contribution is 0.0635. The van der Waals surface area contributed by atoms with Crippen molar-refractivity contribution in [2.45, 2.75) is 42.3 Å². The number of rotatable bonds is 7. The van der Waals surface area contributed by atoms with Gasteiger partial charge >= 0.3 is 6.09 Å². The Morgan fingerprint density at radius 2 is 1.68 bits per heavy atom. The van der Waals surface area contributed by atoms with Gasteiger partial charge in [-0.15, -0.1) is 0 Å². The van der Waals surface area contributed by atoms with E-state index >= 15 is 0 Å². The fourth-order valence-electron chi connectivity index (χ4n) is 3.60. The molecule has 0 fully saturated rings. The number of carbonyl (C=O) groups excluding carboxylic acids is 1. The van der Waals surface area contributed by atoms with Crippen molar-refractivity contribution in [2.24, 2.45) is 0 Å². The molecule has 1 amide bonds. The number of carbonyl (C=O) groups is 1. The van der Waals surface area contributed by atoms with Crippen molar-refractivity contribution in [1.29, 1.82) is 0 Å². The second kappa shape index (κ2) is 11.4. The monoisotopic (exact) mass is 629 g/mol. The van der Waals surface area contributed by atoms with Crippen LogP contribution in [0.15, 0.2) is 70.6 Å². The molecule has 1 unspecified atom stereocenters. The van der Waals surface area contributed by atoms with Gasteiger partial charge in [-0.2, -0.15) is 8.42 Å². The first-order valence-corrected chi connectivity index (χ1v) is 15.3. The maximum atomic E-state index is 13.7. The molecule has 1 aliphatic heterocycles. The lowest BCUT2D eigenvalue weighted by Crippen LogP contribution is -2.46. The van der Waals surface area contributed by atoms with Crippen LogP contribution in [0.3, 0.4) is 0 Å². The normalized spacial score (nSPS) is 15.6. The molecule has 214 valence electrons. The van der Waals surface area contributed by atoms with Gasteiger partial charge < -0.3 is 9.47 Å². The summed E-state index contributed by atoms with van der Waals surface area (Å²) in [6.07, 6.45) is -0.598. The van der Waals surface area contributed by atoms with Crippen LogP contribution in [0.1, 0.15) is 20.8 Å². The van der Waals surface area contributed by atoms with Gasteiger partial charge in [-0.05, 0) is 63.2 Å². The molecule has 15 heteroatoms. The average Bonchev–Trinajstić information content (AvgIpc) is 2.86. The van der Waals surface area contributed by atoms with Gasteiger partial charge in [-0.3, -0.25) is 13.8 Å². The lowest BCUT2D eigenvalue weighted by Gasteiger charge is -2.34. The molecule has 11 nitrogen and oxygen atoms in total. The van der Waals surface area contributed by atoms with Gasteiger partial charge in [0.2, 0.25) is 5.88 Å². The molecule has 1 aromatic heterocycles. The van der Waals surface area contributed by atoms with Crippen LogP contribution in [0.5, 0.6) is 5.88 Å². The number of nitrogens with zero attached hydrogens (tertiary/aromatic N) is 2. The Hall–Kier alpha value is -3.10. The Kier molecular flexibility index (Phi) is 8.52. The zero-order valence-corrected chi connectivity index (χ0v) is 24.6. The van der Waals surface area contributed by atoms with Crippen LogP contribution in [-0.2, 0) is 29.1 Å². The maximum Gasteiger partial charge on any atom is 0.412 e. The summed E-state index contributed by atoms with van der Waals surface area (Å²) in [6, 6.07) is 12.5. The van der Waals surface area contributed by atoms with E-state index in [0.29, 0.717) is 0 Å². The summed E-state index contributed by atoms with van der Waals surface area (Å²) < 4.78 is 70.1. The lowest BCUT2D eigenvalue weighted by atomic mass is 10.2. The van der Waals surface area contributed by atoms with E-state index in [1.54, 1.807) is 20.8 Å². The Balaban J connectivity index is 1.66. The summed E-state index contributed by atoms with van der Waals surface area (Å²) in [5.74, 6) is -0.125. The first-order valence-electron chi connectivity index (χ1n) is 11.7. The molecular formula is C25H25Cl2N3O8S2. The van der Waals surface area contributed by atoms with Gasteiger partial charge in [-0.1, -0.05) is 35.3 Å². The van der Waals surface area contributed by atoms with E-state index in [1.807, 2.05) is 0 Å². The number of fused-ring (bicyclic) bond motifs is 1. The smallest absolute Gasteiger partial charge is 0.412 e. The standard InChI is InChI=1S/C25H25Cl2N3O8S2/c1-25(2,3)38-24(31)29-18-12-22-23(28-13-18)37-19(15-36-40(34,35)21-9-5-7-17(27)11-21)14-30(22)39(32,33)20-8-4-6-16(26)10-20/h4-13,19H,14-15H2,1-3H3,(H,29,31). The number of sulfonamides is 1. The van der Waals surface area contributed by atoms with Crippen LogP contribution < -0.4 is 14.4 Å². The second-order valence-electron chi connectivity index (χ2n) is 9.60. The highest BCUT2D eigenvalue weighted by molar-refractivity contribution is 7.92. The summed E-state index contributed by atoms with van der Waals surface area (Å²) in [4.78, 5) is 16.2. The summed E-state index contributed by atoms with van der Waals surface area (Å²) in [5, 5.41) is 2.91. The van der Waals surface area contributed by atoms with Crippen molar-refractivity contribution in [3.05, 3.63) is 70.8 Å². The van der Waals surface area contributed by atoms with Crippen LogP contribution in [0.25, 0.3) is 0 Å². The number of benzene rings is 2. The maximum absolute atomic E-state index is 13.7. The van der Waals surface area contributed by atoms with Gasteiger partial charge in [0, 0.05) is 10.0 Å². The van der Waals surface area contributed by atoms with Crippen molar-refractivity contribution in [1.82, 2.24) is 4.98 Å². The number of hydrogen-bond donors (Lipinski definition) is 1. The number of pyridine rings is 1. The zero-order valence-electron chi connectivity index (χ0n) is 21.5. The molecule has 1 atom stereocenters. The van der Waals surface area contributed by atoms with E-state index in [-0.39, 0.29) is 43.6 Å². The molecule has 0 spiro atoms. The zero-order chi connectivity index (χ0) is 29.3. The number of anilines is 2. The first-order chi connectivity index (χ1) is 18.6. The minimum atomic E-state index is -4.25. The van der Waals surface area contributed by atoms with Crippen LogP contribution in [-0.4, -0.2) is 52.8 Å². The molecule has 40 heavy (non-hydrogen) atoms. The first kappa shape index (κ1) is 29.9. The van der Waals surface area contributed by atoms with Crippen molar-refractivity contribution in [3.8, 4) is 5.88 Å². The summed E-state index contributed by atoms with van der Waals surface area (Å²) >= 11 is 11.9. The highest BCUT2D eigenvalue weighted by atomic mass is 35.5. The number of ether oxygens (including phenoxy) is 2. The molecule has 1 aliphatic rings. The molecule has 3 aromatic rings. The van der Waals surface area contributed by atoms with Gasteiger partial charge in [0.15, 0.2) is 0 Å². The van der Waals surface area contributed by atoms with E-state index in [1.165, 1.54) is 60.8 Å². The Bertz CT molecular complexity index is 1640. The van der Waals surface area contributed by atoms with Gasteiger partial charge in [0.05, 0.1) is 28.2 Å². The van der Waals surface area contributed by atoms with Gasteiger partial charge in [0.25, 0.3) is 20.1 Å². The number of nitrogens with one attached hydrogen (secondary N) is 1. The van der Waals surface area contributed by atoms with Crippen molar-refractivity contribution < 1.29 is 35.3 Å². The van der Waals surface area contributed by atoms with Gasteiger partial charge in [-0.25, -0.2) is 18.2 Å². The largest absolute Gasteiger partial charge is 0.468 e. The predicted octanol–water partition coefficient (Wildman–Crippen LogP) is 5.10. The summed E-state index contributed by atoms with van der Waals surface area (Å²) in [6.45, 7) is 4.21. The third kappa shape index (κ3) is 7.15. The van der Waals surface area contributed by atoms with E-state index in [4.69, 9.17) is 36.9 Å². The van der Waals surface area contributed by atoms with Gasteiger partial charge in [0.1, 0.15) is 24.0 Å². The molecule has 2 aromatic carbocycles. The molecule has 4 rings (SSSR count). The molecule has 0 aliphatic carbocycles. The molecule has 0 bridgehead atoms. The fourth-order valence-corrected chi connectivity index (χ4v) is 6.63. The minimum absolute atomic E-state index is 0.00230. The highest BCUT2D eigenvalue weighted by Gasteiger charge is 2.37. The molecular weight excluding hydrogens is 605 g/mol. The van der Waals surface area contributed by atoms with E-state index in [9.17, 15) is 21.6 Å². The van der Waals surface area contributed by atoms with E-state index in [0.717, 1.165) is 4.31 Å². The van der Waals surface area contributed by atoms with Crippen LogP contribution >= 0.6 is 23.2 Å². The highest BCUT2D eigenvalue weighted by Crippen LogP contribution is 2.38. The van der Waals surface area contributed by atoms with Crippen LogP contribution in [0.2, 0.25) is 10.0 Å². The molecule has 0 saturated heterocycles. The number of hydrogen-bond acceptors (Lipinski definition) is 9. The average molecular weight is 631 g/mol. The quantitative estimate of drug-likeness (QED) is 0.353.